The lowest BCUT2D eigenvalue weighted by atomic mass is 10.2. The van der Waals surface area contributed by atoms with Gasteiger partial charge in [-0.25, -0.2) is 4.39 Å². The first-order valence-electron chi connectivity index (χ1n) is 7.05. The van der Waals surface area contributed by atoms with E-state index in [2.05, 4.69) is 5.32 Å². The molecular weight excluding hydrogens is 338 g/mol. The Bertz CT molecular complexity index is 722. The van der Waals surface area contributed by atoms with Gasteiger partial charge in [0.2, 0.25) is 5.91 Å². The maximum atomic E-state index is 13.6. The normalized spacial score (nSPS) is 10.9. The fourth-order valence-corrected chi connectivity index (χ4v) is 2.63. The van der Waals surface area contributed by atoms with Crippen molar-refractivity contribution < 1.29 is 9.18 Å². The largest absolute Gasteiger partial charge is 0.322 e. The average Bonchev–Trinajstić information content (AvgIpc) is 2.50. The molecule has 6 heteroatoms. The lowest BCUT2D eigenvalue weighted by Gasteiger charge is -2.18. The molecule has 0 aromatic heterocycles. The highest BCUT2D eigenvalue weighted by Gasteiger charge is 2.14. The molecule has 0 aliphatic carbocycles. The number of nitrogens with one attached hydrogen (secondary N) is 1. The zero-order valence-electron chi connectivity index (χ0n) is 12.9. The molecular formula is C17H17Cl2FN2O. The number of aryl methyl sites for hydroxylation is 1. The lowest BCUT2D eigenvalue weighted by molar-refractivity contribution is -0.117. The topological polar surface area (TPSA) is 32.3 Å². The van der Waals surface area contributed by atoms with Crippen LogP contribution in [-0.2, 0) is 11.3 Å². The molecule has 0 spiro atoms. The summed E-state index contributed by atoms with van der Waals surface area (Å²) in [6.45, 7) is 2.25. The van der Waals surface area contributed by atoms with Gasteiger partial charge in [0, 0.05) is 12.1 Å². The molecule has 0 radical (unpaired) electrons. The second-order valence-electron chi connectivity index (χ2n) is 5.37. The van der Waals surface area contributed by atoms with Crippen LogP contribution in [0.15, 0.2) is 36.4 Å². The summed E-state index contributed by atoms with van der Waals surface area (Å²) in [5.41, 5.74) is 1.76. The maximum absolute atomic E-state index is 13.6. The summed E-state index contributed by atoms with van der Waals surface area (Å²) < 4.78 is 13.6. The number of carbonyl (C=O) groups is 1. The Morgan fingerprint density at radius 1 is 1.22 bits per heavy atom. The van der Waals surface area contributed by atoms with E-state index in [4.69, 9.17) is 23.2 Å². The zero-order chi connectivity index (χ0) is 17.0. The molecule has 0 atom stereocenters. The Kier molecular flexibility index (Phi) is 5.99. The third-order valence-corrected chi connectivity index (χ3v) is 4.16. The van der Waals surface area contributed by atoms with E-state index in [9.17, 15) is 9.18 Å². The van der Waals surface area contributed by atoms with Gasteiger partial charge in [-0.3, -0.25) is 9.69 Å². The molecule has 2 aromatic rings. The van der Waals surface area contributed by atoms with E-state index < -0.39 is 0 Å². The van der Waals surface area contributed by atoms with Gasteiger partial charge in [0.25, 0.3) is 0 Å². The summed E-state index contributed by atoms with van der Waals surface area (Å²) in [7, 11) is 1.74. The van der Waals surface area contributed by atoms with E-state index in [-0.39, 0.29) is 18.3 Å². The van der Waals surface area contributed by atoms with Crippen molar-refractivity contribution in [3.8, 4) is 0 Å². The highest BCUT2D eigenvalue weighted by molar-refractivity contribution is 6.40. The van der Waals surface area contributed by atoms with Crippen LogP contribution in [0.25, 0.3) is 0 Å². The van der Waals surface area contributed by atoms with Crippen molar-refractivity contribution in [2.75, 3.05) is 18.9 Å². The molecule has 1 N–H and O–H groups in total. The monoisotopic (exact) mass is 354 g/mol. The molecule has 0 fully saturated rings. The molecule has 0 bridgehead atoms. The van der Waals surface area contributed by atoms with Gasteiger partial charge < -0.3 is 5.32 Å². The molecule has 122 valence electrons. The van der Waals surface area contributed by atoms with E-state index in [1.54, 1.807) is 42.3 Å². The van der Waals surface area contributed by atoms with Crippen molar-refractivity contribution >= 4 is 34.8 Å². The first-order chi connectivity index (χ1) is 10.9. The number of benzene rings is 2. The Labute approximate surface area is 145 Å². The SMILES string of the molecule is Cc1ccc(Cl)c(NC(=O)CN(C)Cc2ccccc2F)c1Cl. The highest BCUT2D eigenvalue weighted by atomic mass is 35.5. The average molecular weight is 355 g/mol. The summed E-state index contributed by atoms with van der Waals surface area (Å²) in [6, 6.07) is 9.95. The van der Waals surface area contributed by atoms with Crippen LogP contribution in [-0.4, -0.2) is 24.4 Å². The minimum atomic E-state index is -0.287. The van der Waals surface area contributed by atoms with E-state index in [1.807, 2.05) is 6.92 Å². The molecule has 1 amide bonds. The van der Waals surface area contributed by atoms with E-state index in [0.717, 1.165) is 5.56 Å². The molecule has 0 saturated heterocycles. The van der Waals surface area contributed by atoms with Gasteiger partial charge >= 0.3 is 0 Å². The number of anilines is 1. The minimum absolute atomic E-state index is 0.0922. The summed E-state index contributed by atoms with van der Waals surface area (Å²) in [4.78, 5) is 13.9. The van der Waals surface area contributed by atoms with Gasteiger partial charge in [-0.05, 0) is 31.7 Å². The van der Waals surface area contributed by atoms with Crippen molar-refractivity contribution in [1.29, 1.82) is 0 Å². The van der Waals surface area contributed by atoms with E-state index >= 15 is 0 Å². The quantitative estimate of drug-likeness (QED) is 0.856. The van der Waals surface area contributed by atoms with Crippen LogP contribution in [0.4, 0.5) is 10.1 Å². The zero-order valence-corrected chi connectivity index (χ0v) is 14.4. The van der Waals surface area contributed by atoms with Gasteiger partial charge in [-0.15, -0.1) is 0 Å². The number of rotatable bonds is 5. The second-order valence-corrected chi connectivity index (χ2v) is 6.15. The molecule has 0 aliphatic heterocycles. The Balaban J connectivity index is 2.00. The molecule has 0 unspecified atom stereocenters. The van der Waals surface area contributed by atoms with Crippen LogP contribution in [0, 0.1) is 12.7 Å². The summed E-state index contributed by atoms with van der Waals surface area (Å²) in [5, 5.41) is 3.51. The molecule has 23 heavy (non-hydrogen) atoms. The highest BCUT2D eigenvalue weighted by Crippen LogP contribution is 2.32. The predicted octanol–water partition coefficient (Wildman–Crippen LogP) is 4.51. The fourth-order valence-electron chi connectivity index (χ4n) is 2.17. The van der Waals surface area contributed by atoms with Crippen molar-refractivity contribution in [3.05, 3.63) is 63.4 Å². The number of halogens is 3. The first-order valence-corrected chi connectivity index (χ1v) is 7.80. The molecule has 2 aromatic carbocycles. The molecule has 0 saturated carbocycles. The molecule has 3 nitrogen and oxygen atoms in total. The van der Waals surface area contributed by atoms with E-state index in [0.29, 0.717) is 27.8 Å². The number of likely N-dealkylation sites (N-methyl/N-ethyl adjacent to an activating group) is 1. The summed E-state index contributed by atoms with van der Waals surface area (Å²) in [6.07, 6.45) is 0. The lowest BCUT2D eigenvalue weighted by Crippen LogP contribution is -2.30. The second kappa shape index (κ2) is 7.77. The Morgan fingerprint density at radius 2 is 1.91 bits per heavy atom. The summed E-state index contributed by atoms with van der Waals surface area (Å²) in [5.74, 6) is -0.553. The van der Waals surface area contributed by atoms with Gasteiger partial charge in [0.15, 0.2) is 0 Å². The molecule has 0 heterocycles. The van der Waals surface area contributed by atoms with Crippen LogP contribution < -0.4 is 5.32 Å². The molecule has 0 aliphatic rings. The van der Waals surface area contributed by atoms with Gasteiger partial charge in [0.1, 0.15) is 5.82 Å². The van der Waals surface area contributed by atoms with Crippen LogP contribution in [0.2, 0.25) is 10.0 Å². The van der Waals surface area contributed by atoms with Crippen molar-refractivity contribution in [3.63, 3.8) is 0 Å². The van der Waals surface area contributed by atoms with Crippen molar-refractivity contribution in [2.24, 2.45) is 0 Å². The third kappa shape index (κ3) is 4.67. The number of nitrogens with zero attached hydrogens (tertiary/aromatic N) is 1. The van der Waals surface area contributed by atoms with Crippen LogP contribution in [0.3, 0.4) is 0 Å². The fraction of sp³-hybridized carbons (Fsp3) is 0.235. The Morgan fingerprint density at radius 3 is 2.61 bits per heavy atom. The van der Waals surface area contributed by atoms with Crippen LogP contribution in [0.1, 0.15) is 11.1 Å². The molecule has 2 rings (SSSR count). The maximum Gasteiger partial charge on any atom is 0.238 e. The smallest absolute Gasteiger partial charge is 0.238 e. The number of amides is 1. The van der Waals surface area contributed by atoms with Crippen LogP contribution >= 0.6 is 23.2 Å². The standard InChI is InChI=1S/C17H17Cl2FN2O/c1-11-7-8-13(18)17(16(11)19)21-15(23)10-22(2)9-12-5-3-4-6-14(12)20/h3-8H,9-10H2,1-2H3,(H,21,23). The summed E-state index contributed by atoms with van der Waals surface area (Å²) >= 11 is 12.2. The van der Waals surface area contributed by atoms with Gasteiger partial charge in [0.05, 0.1) is 22.3 Å². The predicted molar refractivity (Wildman–Crippen MR) is 92.6 cm³/mol. The number of carbonyl (C=O) groups excluding carboxylic acids is 1. The van der Waals surface area contributed by atoms with Gasteiger partial charge in [-0.1, -0.05) is 47.5 Å². The van der Waals surface area contributed by atoms with E-state index in [1.165, 1.54) is 6.07 Å². The minimum Gasteiger partial charge on any atom is -0.322 e. The van der Waals surface area contributed by atoms with Gasteiger partial charge in [-0.2, -0.15) is 0 Å². The first kappa shape index (κ1) is 17.7. The third-order valence-electron chi connectivity index (χ3n) is 3.36. The van der Waals surface area contributed by atoms with Crippen molar-refractivity contribution in [2.45, 2.75) is 13.5 Å². The number of hydrogen-bond acceptors (Lipinski definition) is 2. The number of hydrogen-bond donors (Lipinski definition) is 1. The Hall–Kier alpha value is -1.62. The van der Waals surface area contributed by atoms with Crippen LogP contribution in [0.5, 0.6) is 0 Å². The van der Waals surface area contributed by atoms with Crippen molar-refractivity contribution in [1.82, 2.24) is 4.90 Å².